The molecule has 2 fully saturated rings. The molecule has 3 aliphatic rings. The van der Waals surface area contributed by atoms with Gasteiger partial charge in [-0.1, -0.05) is 37.3 Å². The molecule has 2 aliphatic heterocycles. The van der Waals surface area contributed by atoms with Gasteiger partial charge in [-0.25, -0.2) is 4.79 Å². The number of ether oxygens (including phenoxy) is 1. The number of carbonyl (C=O) groups is 1. The van der Waals surface area contributed by atoms with Gasteiger partial charge in [-0.2, -0.15) is 10.3 Å². The fourth-order valence-electron chi connectivity index (χ4n) is 5.12. The van der Waals surface area contributed by atoms with E-state index in [0.29, 0.717) is 24.7 Å². The molecule has 1 spiro atoms. The van der Waals surface area contributed by atoms with Gasteiger partial charge in [0, 0.05) is 12.6 Å². The van der Waals surface area contributed by atoms with Crippen LogP contribution < -0.4 is 10.6 Å². The number of urea groups is 1. The van der Waals surface area contributed by atoms with Crippen molar-refractivity contribution in [1.29, 1.82) is 5.26 Å². The molecule has 0 unspecified atom stereocenters. The molecule has 1 saturated carbocycles. The summed E-state index contributed by atoms with van der Waals surface area (Å²) in [5.74, 6) is 0.620. The second-order valence-electron chi connectivity index (χ2n) is 8.63. The van der Waals surface area contributed by atoms with Crippen LogP contribution in [0, 0.1) is 11.3 Å². The molecular weight excluding hydrogens is 392 g/mol. The van der Waals surface area contributed by atoms with E-state index in [9.17, 15) is 10.1 Å². The molecule has 1 aliphatic carbocycles. The zero-order chi connectivity index (χ0) is 22.1. The summed E-state index contributed by atoms with van der Waals surface area (Å²) >= 11 is 0. The lowest BCUT2D eigenvalue weighted by Crippen LogP contribution is -2.54. The Kier molecular flexibility index (Phi) is 5.63. The van der Waals surface area contributed by atoms with Gasteiger partial charge < -0.3 is 20.3 Å². The zero-order valence-electron chi connectivity index (χ0n) is 18.4. The summed E-state index contributed by atoms with van der Waals surface area (Å²) in [6.07, 6.45) is 3.67. The van der Waals surface area contributed by atoms with Crippen LogP contribution in [0.25, 0.3) is 0 Å². The lowest BCUT2D eigenvalue weighted by molar-refractivity contribution is 0.153. The second-order valence-corrected chi connectivity index (χ2v) is 8.63. The summed E-state index contributed by atoms with van der Waals surface area (Å²) in [6.45, 7) is 4.03. The van der Waals surface area contributed by atoms with Crippen LogP contribution in [0.2, 0.25) is 0 Å². The maximum atomic E-state index is 13.0. The van der Waals surface area contributed by atoms with Crippen molar-refractivity contribution in [2.75, 3.05) is 33.8 Å². The number of methoxy groups -OCH3 is 1. The minimum Gasteiger partial charge on any atom is -0.480 e. The van der Waals surface area contributed by atoms with Gasteiger partial charge in [-0.05, 0) is 37.8 Å². The van der Waals surface area contributed by atoms with E-state index in [1.54, 1.807) is 16.8 Å². The summed E-state index contributed by atoms with van der Waals surface area (Å²) in [5, 5.41) is 16.3. The number of benzene rings is 1. The summed E-state index contributed by atoms with van der Waals surface area (Å²) in [4.78, 5) is 20.8. The highest BCUT2D eigenvalue weighted by atomic mass is 16.5. The quantitative estimate of drug-likeness (QED) is 0.761. The molecule has 2 amide bonds. The Morgan fingerprint density at radius 2 is 1.97 bits per heavy atom. The van der Waals surface area contributed by atoms with Crippen LogP contribution in [-0.2, 0) is 10.3 Å². The molecule has 2 heterocycles. The van der Waals surface area contributed by atoms with E-state index < -0.39 is 0 Å². The Balaban J connectivity index is 1.56. The second kappa shape index (κ2) is 8.23. The smallest absolute Gasteiger partial charge is 0.322 e. The number of likely N-dealkylation sites (N-methyl/N-ethyl adjacent to an activating group) is 1. The number of nitriles is 1. The van der Waals surface area contributed by atoms with Gasteiger partial charge in [0.15, 0.2) is 0 Å². The third-order valence-electron chi connectivity index (χ3n) is 6.80. The monoisotopic (exact) mass is 422 g/mol. The van der Waals surface area contributed by atoms with Crippen LogP contribution in [0.5, 0.6) is 0 Å². The van der Waals surface area contributed by atoms with E-state index in [-0.39, 0.29) is 22.9 Å². The van der Waals surface area contributed by atoms with Crippen molar-refractivity contribution >= 4 is 11.9 Å². The minimum absolute atomic E-state index is 0.0621. The van der Waals surface area contributed by atoms with E-state index in [1.165, 1.54) is 12.7 Å². The zero-order valence-corrected chi connectivity index (χ0v) is 18.4. The molecule has 0 radical (unpaired) electrons. The number of amidine groups is 1. The molecule has 0 aromatic heterocycles. The topological polar surface area (TPSA) is 93.0 Å². The molecule has 1 aromatic carbocycles. The number of amides is 2. The van der Waals surface area contributed by atoms with Crippen molar-refractivity contribution in [1.82, 2.24) is 20.4 Å². The van der Waals surface area contributed by atoms with Gasteiger partial charge in [0.25, 0.3) is 0 Å². The standard InChI is InChI=1S/C23H30N6O2/c1-4-25-23(17-8-6-5-7-9-17)12-10-22(11-13-23)16-29(21(30)27-22)18-15-28(2)19(14-24)26-20(18)31-3/h5-9,25H,4,10-13,15-16H2,1-3H3,(H,27,30)/t22-,23-. The first-order valence-electron chi connectivity index (χ1n) is 10.8. The van der Waals surface area contributed by atoms with Gasteiger partial charge in [0.1, 0.15) is 11.8 Å². The van der Waals surface area contributed by atoms with Crippen LogP contribution in [0.4, 0.5) is 4.79 Å². The SMILES string of the molecule is CCN[C@]1(c2ccccc2)CC[C@@]2(CC1)CN(C1=C(OC)N=C(C#N)N(C)C1)C(=O)N2. The molecule has 31 heavy (non-hydrogen) atoms. The summed E-state index contributed by atoms with van der Waals surface area (Å²) < 4.78 is 5.43. The van der Waals surface area contributed by atoms with Crippen molar-refractivity contribution in [3.63, 3.8) is 0 Å². The van der Waals surface area contributed by atoms with Crippen molar-refractivity contribution in [3.05, 3.63) is 47.5 Å². The van der Waals surface area contributed by atoms with Gasteiger partial charge in [-0.3, -0.25) is 4.90 Å². The molecule has 0 atom stereocenters. The molecule has 4 rings (SSSR count). The minimum atomic E-state index is -0.269. The Morgan fingerprint density at radius 1 is 1.26 bits per heavy atom. The van der Waals surface area contributed by atoms with E-state index in [1.807, 2.05) is 6.07 Å². The normalized spacial score (nSPS) is 28.5. The molecule has 8 nitrogen and oxygen atoms in total. The van der Waals surface area contributed by atoms with Crippen molar-refractivity contribution in [2.45, 2.75) is 43.7 Å². The van der Waals surface area contributed by atoms with E-state index in [4.69, 9.17) is 4.74 Å². The highest BCUT2D eigenvalue weighted by Gasteiger charge is 2.50. The summed E-state index contributed by atoms with van der Waals surface area (Å²) in [5.41, 5.74) is 1.68. The van der Waals surface area contributed by atoms with Crippen LogP contribution in [0.1, 0.15) is 38.2 Å². The van der Waals surface area contributed by atoms with Crippen LogP contribution in [0.3, 0.4) is 0 Å². The summed E-state index contributed by atoms with van der Waals surface area (Å²) in [7, 11) is 3.32. The number of nitrogens with one attached hydrogen (secondary N) is 2. The first kappa shape index (κ1) is 21.2. The van der Waals surface area contributed by atoms with Crippen LogP contribution in [0.15, 0.2) is 46.9 Å². The Hall–Kier alpha value is -3.05. The fraction of sp³-hybridized carbons (Fsp3) is 0.522. The first-order valence-corrected chi connectivity index (χ1v) is 10.8. The van der Waals surface area contributed by atoms with Gasteiger partial charge in [0.2, 0.25) is 11.7 Å². The molecule has 164 valence electrons. The predicted octanol–water partition coefficient (Wildman–Crippen LogP) is 2.51. The summed E-state index contributed by atoms with van der Waals surface area (Å²) in [6, 6.07) is 12.6. The van der Waals surface area contributed by atoms with E-state index >= 15 is 0 Å². The largest absolute Gasteiger partial charge is 0.480 e. The van der Waals surface area contributed by atoms with E-state index in [0.717, 1.165) is 32.2 Å². The maximum absolute atomic E-state index is 13.0. The third kappa shape index (κ3) is 3.74. The average molecular weight is 423 g/mol. The number of rotatable bonds is 5. The number of aliphatic imine (C=N–C) groups is 1. The lowest BCUT2D eigenvalue weighted by atomic mass is 9.69. The van der Waals surface area contributed by atoms with Crippen molar-refractivity contribution < 1.29 is 9.53 Å². The van der Waals surface area contributed by atoms with Gasteiger partial charge in [0.05, 0.1) is 25.7 Å². The van der Waals surface area contributed by atoms with Crippen LogP contribution >= 0.6 is 0 Å². The Morgan fingerprint density at radius 3 is 2.58 bits per heavy atom. The molecular formula is C23H30N6O2. The molecule has 8 heteroatoms. The maximum Gasteiger partial charge on any atom is 0.322 e. The van der Waals surface area contributed by atoms with Gasteiger partial charge >= 0.3 is 6.03 Å². The first-order chi connectivity index (χ1) is 15.0. The fourth-order valence-corrected chi connectivity index (χ4v) is 5.12. The average Bonchev–Trinajstić information content (AvgIpc) is 3.12. The third-order valence-corrected chi connectivity index (χ3v) is 6.80. The Labute approximate surface area is 183 Å². The molecule has 0 bridgehead atoms. The number of hydrogen-bond acceptors (Lipinski definition) is 6. The molecule has 1 saturated heterocycles. The highest BCUT2D eigenvalue weighted by molar-refractivity contribution is 5.97. The Bertz CT molecular complexity index is 941. The van der Waals surface area contributed by atoms with Crippen molar-refractivity contribution in [2.24, 2.45) is 4.99 Å². The lowest BCUT2D eigenvalue weighted by Gasteiger charge is -2.45. The van der Waals surface area contributed by atoms with Crippen molar-refractivity contribution in [3.8, 4) is 6.07 Å². The van der Waals surface area contributed by atoms with Gasteiger partial charge in [-0.15, -0.1) is 0 Å². The number of hydrogen-bond donors (Lipinski definition) is 2. The van der Waals surface area contributed by atoms with Crippen LogP contribution in [-0.4, -0.2) is 61.0 Å². The predicted molar refractivity (Wildman–Crippen MR) is 118 cm³/mol. The number of nitrogens with zero attached hydrogens (tertiary/aromatic N) is 4. The highest BCUT2D eigenvalue weighted by Crippen LogP contribution is 2.44. The number of carbonyl (C=O) groups excluding carboxylic acids is 1. The molecule has 1 aromatic rings. The molecule has 2 N–H and O–H groups in total. The van der Waals surface area contributed by atoms with E-state index in [2.05, 4.69) is 52.9 Å².